The van der Waals surface area contributed by atoms with Gasteiger partial charge >= 0.3 is 0 Å². The van der Waals surface area contributed by atoms with Crippen LogP contribution in [0.25, 0.3) is 0 Å². The number of ether oxygens (including phenoxy) is 2. The van der Waals surface area contributed by atoms with Gasteiger partial charge in [0.2, 0.25) is 5.91 Å². The lowest BCUT2D eigenvalue weighted by atomic mass is 10.2. The fraction of sp³-hybridized carbons (Fsp3) is 0.267. The van der Waals surface area contributed by atoms with Gasteiger partial charge in [0.05, 0.1) is 32.4 Å². The molecule has 1 aromatic heterocycles. The van der Waals surface area contributed by atoms with E-state index < -0.39 is 0 Å². The maximum absolute atomic E-state index is 11.9. The molecular formula is C15H18N2O3S. The highest BCUT2D eigenvalue weighted by molar-refractivity contribution is 7.09. The number of thiophene rings is 1. The van der Waals surface area contributed by atoms with Crippen molar-refractivity contribution in [2.24, 2.45) is 0 Å². The van der Waals surface area contributed by atoms with Gasteiger partial charge in [-0.15, -0.1) is 11.3 Å². The molecular weight excluding hydrogens is 288 g/mol. The second-order valence-electron chi connectivity index (χ2n) is 4.39. The molecule has 1 amide bonds. The number of nitrogens with two attached hydrogens (primary N) is 1. The minimum Gasteiger partial charge on any atom is -0.495 e. The monoisotopic (exact) mass is 306 g/mol. The molecule has 0 bridgehead atoms. The third kappa shape index (κ3) is 4.77. The zero-order valence-electron chi connectivity index (χ0n) is 11.8. The van der Waals surface area contributed by atoms with Crippen LogP contribution in [0.1, 0.15) is 11.3 Å². The molecule has 0 unspecified atom stereocenters. The lowest BCUT2D eigenvalue weighted by Crippen LogP contribution is -2.14. The molecule has 0 aliphatic heterocycles. The summed E-state index contributed by atoms with van der Waals surface area (Å²) in [5.74, 6) is 0.446. The van der Waals surface area contributed by atoms with E-state index in [9.17, 15) is 4.79 Å². The first kappa shape index (κ1) is 15.3. The van der Waals surface area contributed by atoms with Crippen molar-refractivity contribution in [3.8, 4) is 5.75 Å². The van der Waals surface area contributed by atoms with Crippen LogP contribution in [0.4, 0.5) is 11.4 Å². The van der Waals surface area contributed by atoms with Gasteiger partial charge < -0.3 is 20.5 Å². The first-order valence-corrected chi connectivity index (χ1v) is 7.40. The molecule has 0 aliphatic rings. The Morgan fingerprint density at radius 2 is 2.24 bits per heavy atom. The van der Waals surface area contributed by atoms with Gasteiger partial charge in [-0.2, -0.15) is 0 Å². The van der Waals surface area contributed by atoms with Crippen molar-refractivity contribution >= 4 is 28.6 Å². The highest BCUT2D eigenvalue weighted by Crippen LogP contribution is 2.26. The maximum Gasteiger partial charge on any atom is 0.226 e. The number of amides is 1. The zero-order valence-corrected chi connectivity index (χ0v) is 12.6. The Bertz CT molecular complexity index is 585. The molecule has 2 aromatic rings. The van der Waals surface area contributed by atoms with Crippen LogP contribution in [-0.4, -0.2) is 19.6 Å². The van der Waals surface area contributed by atoms with E-state index in [-0.39, 0.29) is 12.3 Å². The number of rotatable bonds is 7. The van der Waals surface area contributed by atoms with Crippen LogP contribution in [0, 0.1) is 0 Å². The van der Waals surface area contributed by atoms with Crippen molar-refractivity contribution in [1.29, 1.82) is 0 Å². The van der Waals surface area contributed by atoms with Gasteiger partial charge in [-0.25, -0.2) is 0 Å². The second kappa shape index (κ2) is 7.66. The lowest BCUT2D eigenvalue weighted by molar-refractivity contribution is -0.117. The Morgan fingerprint density at radius 3 is 2.95 bits per heavy atom. The first-order chi connectivity index (χ1) is 10.2. The minimum atomic E-state index is -0.134. The summed E-state index contributed by atoms with van der Waals surface area (Å²) in [6, 6.07) is 9.09. The average Bonchev–Trinajstić information content (AvgIpc) is 2.97. The Labute approximate surface area is 127 Å². The standard InChI is InChI=1S/C15H18N2O3S/c1-19-14-5-4-11(16)9-13(14)17-15(18)6-7-20-10-12-3-2-8-21-12/h2-5,8-9H,6-7,10,16H2,1H3,(H,17,18). The third-order valence-corrected chi connectivity index (χ3v) is 3.65. The Morgan fingerprint density at radius 1 is 1.38 bits per heavy atom. The molecule has 2 rings (SSSR count). The normalized spacial score (nSPS) is 10.3. The molecule has 0 fully saturated rings. The molecule has 3 N–H and O–H groups in total. The van der Waals surface area contributed by atoms with Gasteiger partial charge in [0.1, 0.15) is 5.75 Å². The van der Waals surface area contributed by atoms with Crippen LogP contribution in [0.2, 0.25) is 0 Å². The summed E-state index contributed by atoms with van der Waals surface area (Å²) >= 11 is 1.63. The number of hydrogen-bond donors (Lipinski definition) is 2. The third-order valence-electron chi connectivity index (χ3n) is 2.80. The van der Waals surface area contributed by atoms with Crippen molar-refractivity contribution in [3.05, 3.63) is 40.6 Å². The Balaban J connectivity index is 1.77. The van der Waals surface area contributed by atoms with Crippen LogP contribution in [-0.2, 0) is 16.1 Å². The van der Waals surface area contributed by atoms with Gasteiger partial charge in [-0.05, 0) is 29.6 Å². The van der Waals surface area contributed by atoms with Crippen LogP contribution < -0.4 is 15.8 Å². The molecule has 5 nitrogen and oxygen atoms in total. The molecule has 1 heterocycles. The number of carbonyl (C=O) groups excluding carboxylic acids is 1. The second-order valence-corrected chi connectivity index (χ2v) is 5.42. The van der Waals surface area contributed by atoms with Crippen molar-refractivity contribution in [1.82, 2.24) is 0 Å². The number of benzene rings is 1. The van der Waals surface area contributed by atoms with Gasteiger partial charge in [-0.1, -0.05) is 6.07 Å². The van der Waals surface area contributed by atoms with Crippen LogP contribution in [0.3, 0.4) is 0 Å². The SMILES string of the molecule is COc1ccc(N)cc1NC(=O)CCOCc1cccs1. The van der Waals surface area contributed by atoms with E-state index in [2.05, 4.69) is 5.32 Å². The quantitative estimate of drug-likeness (QED) is 0.609. The van der Waals surface area contributed by atoms with E-state index in [1.165, 1.54) is 0 Å². The number of methoxy groups -OCH3 is 1. The Hall–Kier alpha value is -2.05. The number of nitrogens with one attached hydrogen (secondary N) is 1. The van der Waals surface area contributed by atoms with Gasteiger partial charge in [0.25, 0.3) is 0 Å². The van der Waals surface area contributed by atoms with E-state index in [1.54, 1.807) is 36.6 Å². The first-order valence-electron chi connectivity index (χ1n) is 6.52. The predicted octanol–water partition coefficient (Wildman–Crippen LogP) is 2.88. The van der Waals surface area contributed by atoms with E-state index in [0.29, 0.717) is 30.3 Å². The average molecular weight is 306 g/mol. The van der Waals surface area contributed by atoms with Crippen LogP contribution in [0.5, 0.6) is 5.75 Å². The van der Waals surface area contributed by atoms with E-state index >= 15 is 0 Å². The molecule has 0 spiro atoms. The molecule has 0 saturated carbocycles. The predicted molar refractivity (Wildman–Crippen MR) is 84.6 cm³/mol. The summed E-state index contributed by atoms with van der Waals surface area (Å²) in [6.07, 6.45) is 0.281. The Kier molecular flexibility index (Phi) is 5.59. The van der Waals surface area contributed by atoms with Gasteiger partial charge in [0, 0.05) is 10.6 Å². The molecule has 0 saturated heterocycles. The molecule has 0 atom stereocenters. The smallest absolute Gasteiger partial charge is 0.226 e. The molecule has 21 heavy (non-hydrogen) atoms. The fourth-order valence-corrected chi connectivity index (χ4v) is 2.41. The summed E-state index contributed by atoms with van der Waals surface area (Å²) < 4.78 is 10.6. The van der Waals surface area contributed by atoms with Gasteiger partial charge in [0.15, 0.2) is 0 Å². The van der Waals surface area contributed by atoms with E-state index in [1.807, 2.05) is 17.5 Å². The summed E-state index contributed by atoms with van der Waals surface area (Å²) in [5, 5.41) is 4.77. The molecule has 1 aromatic carbocycles. The van der Waals surface area contributed by atoms with Crippen molar-refractivity contribution in [2.45, 2.75) is 13.0 Å². The zero-order chi connectivity index (χ0) is 15.1. The molecule has 6 heteroatoms. The van der Waals surface area contributed by atoms with E-state index in [0.717, 1.165) is 4.88 Å². The van der Waals surface area contributed by atoms with Crippen LogP contribution >= 0.6 is 11.3 Å². The minimum absolute atomic E-state index is 0.134. The van der Waals surface area contributed by atoms with Crippen molar-refractivity contribution in [2.75, 3.05) is 24.8 Å². The number of carbonyl (C=O) groups is 1. The molecule has 112 valence electrons. The van der Waals surface area contributed by atoms with Crippen molar-refractivity contribution in [3.63, 3.8) is 0 Å². The van der Waals surface area contributed by atoms with Gasteiger partial charge in [-0.3, -0.25) is 4.79 Å². The van der Waals surface area contributed by atoms with Crippen LogP contribution in [0.15, 0.2) is 35.7 Å². The highest BCUT2D eigenvalue weighted by Gasteiger charge is 2.08. The maximum atomic E-state index is 11.9. The molecule has 0 aliphatic carbocycles. The highest BCUT2D eigenvalue weighted by atomic mass is 32.1. The lowest BCUT2D eigenvalue weighted by Gasteiger charge is -2.11. The topological polar surface area (TPSA) is 73.6 Å². The number of hydrogen-bond acceptors (Lipinski definition) is 5. The summed E-state index contributed by atoms with van der Waals surface area (Å²) in [5.41, 5.74) is 6.84. The summed E-state index contributed by atoms with van der Waals surface area (Å²) in [7, 11) is 1.55. The summed E-state index contributed by atoms with van der Waals surface area (Å²) in [4.78, 5) is 13.0. The fourth-order valence-electron chi connectivity index (χ4n) is 1.77. The summed E-state index contributed by atoms with van der Waals surface area (Å²) in [6.45, 7) is 0.904. The number of nitrogen functional groups attached to an aromatic ring is 1. The van der Waals surface area contributed by atoms with Crippen molar-refractivity contribution < 1.29 is 14.3 Å². The van der Waals surface area contributed by atoms with E-state index in [4.69, 9.17) is 15.2 Å². The molecule has 0 radical (unpaired) electrons. The number of anilines is 2. The largest absolute Gasteiger partial charge is 0.495 e.